The summed E-state index contributed by atoms with van der Waals surface area (Å²) in [6, 6.07) is 0.118. The smallest absolute Gasteiger partial charge is 0.293 e. The first-order chi connectivity index (χ1) is 8.06. The van der Waals surface area contributed by atoms with Gasteiger partial charge in [0.25, 0.3) is 5.56 Å². The molecular weight excluding hydrogens is 218 g/mol. The van der Waals surface area contributed by atoms with Gasteiger partial charge in [0.1, 0.15) is 0 Å². The molecule has 0 aliphatic rings. The molecule has 1 heterocycles. The summed E-state index contributed by atoms with van der Waals surface area (Å²) in [5.74, 6) is 0.351. The molecule has 0 aliphatic heterocycles. The van der Waals surface area contributed by atoms with E-state index in [9.17, 15) is 9.90 Å². The van der Waals surface area contributed by atoms with E-state index in [2.05, 4.69) is 10.3 Å². The minimum absolute atomic E-state index is 0.117. The molecule has 5 nitrogen and oxygen atoms in total. The molecule has 0 saturated heterocycles. The topological polar surface area (TPSA) is 67.2 Å². The van der Waals surface area contributed by atoms with E-state index in [1.165, 1.54) is 0 Å². The van der Waals surface area contributed by atoms with Crippen LogP contribution in [0.5, 0.6) is 0 Å². The lowest BCUT2D eigenvalue weighted by Gasteiger charge is -2.12. The second-order valence-electron chi connectivity index (χ2n) is 4.36. The third-order valence-corrected chi connectivity index (χ3v) is 2.67. The second kappa shape index (κ2) is 6.39. The average Bonchev–Trinajstić information content (AvgIpc) is 2.30. The maximum Gasteiger partial charge on any atom is 0.293 e. The Kier molecular flexibility index (Phi) is 5.15. The van der Waals surface area contributed by atoms with Crippen molar-refractivity contribution in [1.82, 2.24) is 9.55 Å². The lowest BCUT2D eigenvalue weighted by molar-refractivity contribution is 0.164. The number of hydrogen-bond acceptors (Lipinski definition) is 4. The molecule has 0 fully saturated rings. The Hall–Kier alpha value is -1.36. The molecule has 1 aromatic heterocycles. The van der Waals surface area contributed by atoms with Crippen LogP contribution in [0.3, 0.4) is 0 Å². The third kappa shape index (κ3) is 3.85. The number of anilines is 1. The van der Waals surface area contributed by atoms with Gasteiger partial charge in [0.2, 0.25) is 0 Å². The fourth-order valence-electron chi connectivity index (χ4n) is 1.51. The number of hydrogen-bond donors (Lipinski definition) is 2. The summed E-state index contributed by atoms with van der Waals surface area (Å²) in [4.78, 5) is 15.9. The maximum atomic E-state index is 11.9. The molecule has 17 heavy (non-hydrogen) atoms. The monoisotopic (exact) mass is 239 g/mol. The first kappa shape index (κ1) is 13.7. The number of nitrogens with zero attached hydrogens (tertiary/aromatic N) is 2. The van der Waals surface area contributed by atoms with Gasteiger partial charge in [0.15, 0.2) is 5.82 Å². The van der Waals surface area contributed by atoms with Gasteiger partial charge in [0.05, 0.1) is 6.10 Å². The highest BCUT2D eigenvalue weighted by Gasteiger charge is 2.07. The summed E-state index contributed by atoms with van der Waals surface area (Å²) in [5, 5.41) is 12.4. The first-order valence-corrected chi connectivity index (χ1v) is 6.05. The molecule has 0 aliphatic carbocycles. The third-order valence-electron chi connectivity index (χ3n) is 2.67. The Bertz CT molecular complexity index is 401. The van der Waals surface area contributed by atoms with Crippen LogP contribution in [0.2, 0.25) is 0 Å². The Morgan fingerprint density at radius 3 is 2.82 bits per heavy atom. The van der Waals surface area contributed by atoms with E-state index < -0.39 is 0 Å². The Morgan fingerprint density at radius 2 is 2.24 bits per heavy atom. The van der Waals surface area contributed by atoms with E-state index in [1.54, 1.807) is 17.0 Å². The summed E-state index contributed by atoms with van der Waals surface area (Å²) >= 11 is 0. The molecule has 0 aromatic carbocycles. The van der Waals surface area contributed by atoms with Crippen molar-refractivity contribution < 1.29 is 5.11 Å². The molecule has 1 rings (SSSR count). The van der Waals surface area contributed by atoms with E-state index in [0.717, 1.165) is 6.42 Å². The molecule has 0 amide bonds. The van der Waals surface area contributed by atoms with Crippen molar-refractivity contribution in [2.45, 2.75) is 45.8 Å². The van der Waals surface area contributed by atoms with Crippen molar-refractivity contribution >= 4 is 5.82 Å². The van der Waals surface area contributed by atoms with Gasteiger partial charge in [-0.2, -0.15) is 0 Å². The zero-order valence-electron chi connectivity index (χ0n) is 10.7. The predicted molar refractivity (Wildman–Crippen MR) is 68.3 cm³/mol. The standard InChI is InChI=1S/C12H21N3O2/c1-4-10(16)5-6-13-11-12(17)15(9(2)3)8-7-14-11/h7-10,16H,4-6H2,1-3H3,(H,13,14). The molecular formula is C12H21N3O2. The summed E-state index contributed by atoms with van der Waals surface area (Å²) in [7, 11) is 0. The van der Waals surface area contributed by atoms with Gasteiger partial charge in [-0.25, -0.2) is 4.98 Å². The number of aliphatic hydroxyl groups is 1. The lowest BCUT2D eigenvalue weighted by atomic mass is 10.2. The van der Waals surface area contributed by atoms with Gasteiger partial charge in [-0.3, -0.25) is 4.79 Å². The largest absolute Gasteiger partial charge is 0.393 e. The highest BCUT2D eigenvalue weighted by molar-refractivity contribution is 5.30. The Labute approximate surface area is 102 Å². The second-order valence-corrected chi connectivity index (χ2v) is 4.36. The minimum Gasteiger partial charge on any atom is -0.393 e. The fraction of sp³-hybridized carbons (Fsp3) is 0.667. The number of rotatable bonds is 6. The number of nitrogens with one attached hydrogen (secondary N) is 1. The zero-order chi connectivity index (χ0) is 12.8. The normalized spacial score (nSPS) is 12.8. The van der Waals surface area contributed by atoms with Crippen LogP contribution in [0.15, 0.2) is 17.2 Å². The molecule has 5 heteroatoms. The lowest BCUT2D eigenvalue weighted by Crippen LogP contribution is -2.26. The summed E-state index contributed by atoms with van der Waals surface area (Å²) in [5.41, 5.74) is -0.117. The van der Waals surface area contributed by atoms with Crippen LogP contribution >= 0.6 is 0 Å². The molecule has 0 saturated carbocycles. The molecule has 0 spiro atoms. The van der Waals surface area contributed by atoms with E-state index in [1.807, 2.05) is 20.8 Å². The van der Waals surface area contributed by atoms with Gasteiger partial charge in [-0.1, -0.05) is 6.92 Å². The van der Waals surface area contributed by atoms with Crippen LogP contribution in [-0.2, 0) is 0 Å². The fourth-order valence-corrected chi connectivity index (χ4v) is 1.51. The van der Waals surface area contributed by atoms with E-state index in [4.69, 9.17) is 0 Å². The molecule has 1 aromatic rings. The van der Waals surface area contributed by atoms with E-state index >= 15 is 0 Å². The molecule has 0 radical (unpaired) electrons. The highest BCUT2D eigenvalue weighted by Crippen LogP contribution is 2.02. The van der Waals surface area contributed by atoms with Crippen LogP contribution in [0.1, 0.15) is 39.7 Å². The van der Waals surface area contributed by atoms with Gasteiger partial charge in [0, 0.05) is 25.0 Å². The van der Waals surface area contributed by atoms with Gasteiger partial charge in [-0.15, -0.1) is 0 Å². The Morgan fingerprint density at radius 1 is 1.53 bits per heavy atom. The molecule has 1 unspecified atom stereocenters. The van der Waals surface area contributed by atoms with E-state index in [0.29, 0.717) is 18.8 Å². The molecule has 96 valence electrons. The molecule has 2 N–H and O–H groups in total. The van der Waals surface area contributed by atoms with Crippen molar-refractivity contribution in [2.24, 2.45) is 0 Å². The minimum atomic E-state index is -0.321. The maximum absolute atomic E-state index is 11.9. The van der Waals surface area contributed by atoms with Crippen molar-refractivity contribution in [3.63, 3.8) is 0 Å². The predicted octanol–water partition coefficient (Wildman–Crippen LogP) is 1.40. The zero-order valence-corrected chi connectivity index (χ0v) is 10.7. The average molecular weight is 239 g/mol. The highest BCUT2D eigenvalue weighted by atomic mass is 16.3. The van der Waals surface area contributed by atoms with Crippen molar-refractivity contribution in [3.05, 3.63) is 22.7 Å². The van der Waals surface area contributed by atoms with Gasteiger partial charge >= 0.3 is 0 Å². The van der Waals surface area contributed by atoms with Gasteiger partial charge in [-0.05, 0) is 26.7 Å². The number of aliphatic hydroxyl groups excluding tert-OH is 1. The van der Waals surface area contributed by atoms with Crippen LogP contribution in [0.4, 0.5) is 5.82 Å². The van der Waals surface area contributed by atoms with E-state index in [-0.39, 0.29) is 17.7 Å². The summed E-state index contributed by atoms with van der Waals surface area (Å²) in [6.07, 6.45) is 4.31. The van der Waals surface area contributed by atoms with Crippen LogP contribution in [0.25, 0.3) is 0 Å². The first-order valence-electron chi connectivity index (χ1n) is 6.05. The summed E-state index contributed by atoms with van der Waals surface area (Å²) in [6.45, 7) is 6.38. The SMILES string of the molecule is CCC(O)CCNc1nccn(C(C)C)c1=O. The van der Waals surface area contributed by atoms with Crippen LogP contribution in [-0.4, -0.2) is 27.3 Å². The molecule has 1 atom stereocenters. The molecule has 0 bridgehead atoms. The van der Waals surface area contributed by atoms with Crippen LogP contribution in [0, 0.1) is 0 Å². The summed E-state index contributed by atoms with van der Waals surface area (Å²) < 4.78 is 1.63. The number of aromatic nitrogens is 2. The van der Waals surface area contributed by atoms with Crippen molar-refractivity contribution in [3.8, 4) is 0 Å². The van der Waals surface area contributed by atoms with Crippen molar-refractivity contribution in [1.29, 1.82) is 0 Å². The van der Waals surface area contributed by atoms with Gasteiger partial charge < -0.3 is 15.0 Å². The van der Waals surface area contributed by atoms with Crippen LogP contribution < -0.4 is 10.9 Å². The van der Waals surface area contributed by atoms with Crippen molar-refractivity contribution in [2.75, 3.05) is 11.9 Å². The Balaban J connectivity index is 2.66. The quantitative estimate of drug-likeness (QED) is 0.787.